The summed E-state index contributed by atoms with van der Waals surface area (Å²) in [6.07, 6.45) is 4.82. The predicted molar refractivity (Wildman–Crippen MR) is 36.9 cm³/mol. The monoisotopic (exact) mass is 155 g/mol. The van der Waals surface area contributed by atoms with Crippen molar-refractivity contribution in [1.82, 2.24) is 9.66 Å². The first kappa shape index (κ1) is 10.5. The molecule has 1 rings (SSSR count). The third-order valence-electron chi connectivity index (χ3n) is 0.525. The maximum absolute atomic E-state index is 5.13. The number of hydrogen-bond donors (Lipinski definition) is 1. The van der Waals surface area contributed by atoms with Gasteiger partial charge >= 0.3 is 0 Å². The highest BCUT2D eigenvalue weighted by Gasteiger charge is 1.69. The van der Waals surface area contributed by atoms with Crippen molar-refractivity contribution in [3.8, 4) is 0 Å². The van der Waals surface area contributed by atoms with E-state index in [1.54, 1.807) is 12.4 Å². The number of nitrogens with zero attached hydrogens (tertiary/aromatic N) is 2. The van der Waals surface area contributed by atoms with Gasteiger partial charge in [0.05, 0.1) is 0 Å². The number of rotatable bonds is 0. The largest absolute Gasteiger partial charge is 0.338 e. The Bertz CT molecular complexity index is 116. The smallest absolute Gasteiger partial charge is 0.114 e. The molecule has 0 aliphatic rings. The van der Waals surface area contributed by atoms with Crippen molar-refractivity contribution in [2.24, 2.45) is 0 Å². The third-order valence-corrected chi connectivity index (χ3v) is 0.525. The fourth-order valence-corrected chi connectivity index (χ4v) is 0.269. The molecule has 0 atom stereocenters. The van der Waals surface area contributed by atoms with Crippen LogP contribution in [-0.2, 0) is 0 Å². The average Bonchev–Trinajstić information content (AvgIpc) is 1.86. The molecule has 0 aromatic carbocycles. The molecule has 0 bridgehead atoms. The second-order valence-corrected chi connectivity index (χ2v) is 1.01. The second-order valence-electron chi connectivity index (χ2n) is 1.01. The van der Waals surface area contributed by atoms with E-state index in [1.807, 2.05) is 0 Å². The molecule has 0 saturated carbocycles. The van der Waals surface area contributed by atoms with Crippen LogP contribution in [0.1, 0.15) is 0 Å². The van der Waals surface area contributed by atoms with E-state index in [9.17, 15) is 0 Å². The van der Waals surface area contributed by atoms with Crippen molar-refractivity contribution in [2.75, 3.05) is 5.84 Å². The maximum atomic E-state index is 5.13. The van der Waals surface area contributed by atoms with Crippen LogP contribution in [0.3, 0.4) is 0 Å². The maximum Gasteiger partial charge on any atom is 0.114 e. The Hall–Kier alpha value is -0.410. The molecule has 1 aromatic rings. The van der Waals surface area contributed by atoms with Crippen LogP contribution < -0.4 is 5.84 Å². The highest BCUT2D eigenvalue weighted by molar-refractivity contribution is 5.85. The van der Waals surface area contributed by atoms with Crippen LogP contribution in [0.15, 0.2) is 18.7 Å². The summed E-state index contributed by atoms with van der Waals surface area (Å²) < 4.78 is 1.39. The van der Waals surface area contributed by atoms with Gasteiger partial charge in [0.1, 0.15) is 6.33 Å². The number of nitrogen functional groups attached to an aromatic ring is 1. The van der Waals surface area contributed by atoms with Gasteiger partial charge in [-0.25, -0.2) is 4.98 Å². The summed E-state index contributed by atoms with van der Waals surface area (Å²) in [5, 5.41) is 0. The zero-order valence-electron chi connectivity index (χ0n) is 4.02. The molecular formula is C3H7Cl2N3. The van der Waals surface area contributed by atoms with Gasteiger partial charge in [0.15, 0.2) is 0 Å². The lowest BCUT2D eigenvalue weighted by Crippen LogP contribution is -2.02. The minimum atomic E-state index is 0. The Kier molecular flexibility index (Phi) is 6.25. The van der Waals surface area contributed by atoms with E-state index in [4.69, 9.17) is 5.84 Å². The third kappa shape index (κ3) is 2.71. The topological polar surface area (TPSA) is 43.8 Å². The number of aromatic nitrogens is 2. The first-order valence-corrected chi connectivity index (χ1v) is 1.62. The van der Waals surface area contributed by atoms with Crippen molar-refractivity contribution in [2.45, 2.75) is 0 Å². The Labute approximate surface area is 59.7 Å². The summed E-state index contributed by atoms with van der Waals surface area (Å²) in [5.74, 6) is 5.13. The molecular weight excluding hydrogens is 149 g/mol. The minimum Gasteiger partial charge on any atom is -0.338 e. The Morgan fingerprint density at radius 3 is 2.12 bits per heavy atom. The molecule has 3 nitrogen and oxygen atoms in total. The molecule has 0 aliphatic heterocycles. The van der Waals surface area contributed by atoms with E-state index in [0.717, 1.165) is 0 Å². The second kappa shape index (κ2) is 4.74. The van der Waals surface area contributed by atoms with Gasteiger partial charge in [0, 0.05) is 12.4 Å². The summed E-state index contributed by atoms with van der Waals surface area (Å²) >= 11 is 0. The van der Waals surface area contributed by atoms with Crippen LogP contribution in [0.2, 0.25) is 0 Å². The lowest BCUT2D eigenvalue weighted by molar-refractivity contribution is 1.00. The van der Waals surface area contributed by atoms with E-state index in [-0.39, 0.29) is 24.8 Å². The zero-order chi connectivity index (χ0) is 4.41. The van der Waals surface area contributed by atoms with Gasteiger partial charge in [-0.15, -0.1) is 24.8 Å². The molecule has 0 radical (unpaired) electrons. The standard InChI is InChI=1S/C3H5N3.2ClH/c4-6-2-1-5-3-6;;/h1-3H,4H2;2*1H. The van der Waals surface area contributed by atoms with Crippen molar-refractivity contribution in [3.05, 3.63) is 18.7 Å². The normalized spacial score (nSPS) is 6.50. The minimum absolute atomic E-state index is 0. The summed E-state index contributed by atoms with van der Waals surface area (Å²) in [7, 11) is 0. The molecule has 0 unspecified atom stereocenters. The summed E-state index contributed by atoms with van der Waals surface area (Å²) in [6, 6.07) is 0. The fraction of sp³-hybridized carbons (Fsp3) is 0. The lowest BCUT2D eigenvalue weighted by atomic mass is 11.0. The molecule has 1 aromatic heterocycles. The summed E-state index contributed by atoms with van der Waals surface area (Å²) in [6.45, 7) is 0. The summed E-state index contributed by atoms with van der Waals surface area (Å²) in [5.41, 5.74) is 0. The number of imidazole rings is 1. The van der Waals surface area contributed by atoms with Gasteiger partial charge in [0.2, 0.25) is 0 Å². The van der Waals surface area contributed by atoms with Crippen molar-refractivity contribution >= 4 is 24.8 Å². The van der Waals surface area contributed by atoms with Gasteiger partial charge in [-0.1, -0.05) is 0 Å². The first-order valence-electron chi connectivity index (χ1n) is 1.62. The van der Waals surface area contributed by atoms with Crippen molar-refractivity contribution in [1.29, 1.82) is 0 Å². The number of halogens is 2. The van der Waals surface area contributed by atoms with Crippen molar-refractivity contribution < 1.29 is 0 Å². The molecule has 0 saturated heterocycles. The zero-order valence-corrected chi connectivity index (χ0v) is 5.65. The first-order chi connectivity index (χ1) is 2.89. The predicted octanol–water partition coefficient (Wildman–Crippen LogP) is 0.441. The molecule has 5 heteroatoms. The van der Waals surface area contributed by atoms with E-state index in [1.165, 1.54) is 11.0 Å². The van der Waals surface area contributed by atoms with Crippen LogP contribution in [0, 0.1) is 0 Å². The number of hydrogen-bond acceptors (Lipinski definition) is 2. The van der Waals surface area contributed by atoms with Gasteiger partial charge in [-0.3, -0.25) is 4.68 Å². The van der Waals surface area contributed by atoms with Crippen LogP contribution in [-0.4, -0.2) is 9.66 Å². The van der Waals surface area contributed by atoms with Crippen LogP contribution in [0.4, 0.5) is 0 Å². The van der Waals surface area contributed by atoms with E-state index >= 15 is 0 Å². The highest BCUT2D eigenvalue weighted by Crippen LogP contribution is 1.69. The lowest BCUT2D eigenvalue weighted by Gasteiger charge is -1.78. The molecule has 0 spiro atoms. The summed E-state index contributed by atoms with van der Waals surface area (Å²) in [4.78, 5) is 3.66. The van der Waals surface area contributed by atoms with Gasteiger partial charge in [0.25, 0.3) is 0 Å². The molecule has 0 amide bonds. The average molecular weight is 156 g/mol. The van der Waals surface area contributed by atoms with Crippen LogP contribution >= 0.6 is 24.8 Å². The Morgan fingerprint density at radius 2 is 2.00 bits per heavy atom. The number of nitrogens with two attached hydrogens (primary N) is 1. The molecule has 1 heterocycles. The van der Waals surface area contributed by atoms with E-state index in [2.05, 4.69) is 4.98 Å². The molecule has 2 N–H and O–H groups in total. The van der Waals surface area contributed by atoms with Crippen LogP contribution in [0.25, 0.3) is 0 Å². The molecule has 48 valence electrons. The molecule has 0 fully saturated rings. The van der Waals surface area contributed by atoms with Gasteiger partial charge < -0.3 is 5.84 Å². The van der Waals surface area contributed by atoms with E-state index < -0.39 is 0 Å². The van der Waals surface area contributed by atoms with Crippen LogP contribution in [0.5, 0.6) is 0 Å². The van der Waals surface area contributed by atoms with Gasteiger partial charge in [-0.05, 0) is 0 Å². The van der Waals surface area contributed by atoms with Gasteiger partial charge in [-0.2, -0.15) is 0 Å². The molecule has 8 heavy (non-hydrogen) atoms. The highest BCUT2D eigenvalue weighted by atomic mass is 35.5. The molecule has 0 aliphatic carbocycles. The fourth-order valence-electron chi connectivity index (χ4n) is 0.269. The quantitative estimate of drug-likeness (QED) is 0.554. The van der Waals surface area contributed by atoms with Crippen molar-refractivity contribution in [3.63, 3.8) is 0 Å². The SMILES string of the molecule is Cl.Cl.Nn1ccnc1. The Balaban J connectivity index is 0. The van der Waals surface area contributed by atoms with E-state index in [0.29, 0.717) is 0 Å². The Morgan fingerprint density at radius 1 is 1.38 bits per heavy atom.